The Morgan fingerprint density at radius 1 is 1.12 bits per heavy atom. The summed E-state index contributed by atoms with van der Waals surface area (Å²) in [7, 11) is 0. The maximum absolute atomic E-state index is 13.2. The van der Waals surface area contributed by atoms with Crippen LogP contribution in [0.3, 0.4) is 0 Å². The molecule has 1 N–H and O–H groups in total. The van der Waals surface area contributed by atoms with Gasteiger partial charge in [-0.05, 0) is 55.3 Å². The molecule has 0 radical (unpaired) electrons. The summed E-state index contributed by atoms with van der Waals surface area (Å²) in [4.78, 5) is 25.7. The average molecular weight is 330 g/mol. The van der Waals surface area contributed by atoms with Gasteiger partial charge in [0.15, 0.2) is 11.6 Å². The molecule has 0 atom stereocenters. The van der Waals surface area contributed by atoms with E-state index in [1.807, 2.05) is 6.92 Å². The van der Waals surface area contributed by atoms with Crippen LogP contribution in [-0.4, -0.2) is 18.4 Å². The van der Waals surface area contributed by atoms with Crippen LogP contribution in [0.15, 0.2) is 36.4 Å². The average Bonchev–Trinajstić information content (AvgIpc) is 2.96. The Kier molecular flexibility index (Phi) is 4.29. The summed E-state index contributed by atoms with van der Waals surface area (Å²) in [6.45, 7) is 2.55. The third-order valence-corrected chi connectivity index (χ3v) is 4.00. The lowest BCUT2D eigenvalue weighted by molar-refractivity contribution is -0.117. The van der Waals surface area contributed by atoms with Gasteiger partial charge in [0.1, 0.15) is 0 Å². The van der Waals surface area contributed by atoms with Gasteiger partial charge in [-0.2, -0.15) is 0 Å². The van der Waals surface area contributed by atoms with Gasteiger partial charge in [-0.3, -0.25) is 9.59 Å². The summed E-state index contributed by atoms with van der Waals surface area (Å²) in [6.07, 6.45) is 1.39. The maximum Gasteiger partial charge on any atom is 0.255 e. The Morgan fingerprint density at radius 3 is 2.54 bits per heavy atom. The number of benzene rings is 2. The summed E-state index contributed by atoms with van der Waals surface area (Å²) in [6, 6.07) is 8.20. The van der Waals surface area contributed by atoms with Crippen molar-refractivity contribution >= 4 is 23.2 Å². The highest BCUT2D eigenvalue weighted by Gasteiger charge is 2.23. The zero-order valence-corrected chi connectivity index (χ0v) is 13.1. The highest BCUT2D eigenvalue weighted by Crippen LogP contribution is 2.27. The quantitative estimate of drug-likeness (QED) is 0.934. The third kappa shape index (κ3) is 3.13. The van der Waals surface area contributed by atoms with Crippen molar-refractivity contribution in [2.75, 3.05) is 16.8 Å². The molecule has 0 saturated carbocycles. The number of anilines is 2. The van der Waals surface area contributed by atoms with Gasteiger partial charge in [0.2, 0.25) is 5.91 Å². The normalized spacial score (nSPS) is 14.1. The lowest BCUT2D eigenvalue weighted by atomic mass is 10.1. The van der Waals surface area contributed by atoms with Crippen LogP contribution in [0.25, 0.3) is 0 Å². The first-order chi connectivity index (χ1) is 11.5. The number of nitrogens with one attached hydrogen (secondary N) is 1. The number of aryl methyl sites for hydroxylation is 1. The van der Waals surface area contributed by atoms with Crippen LogP contribution in [0, 0.1) is 18.6 Å². The summed E-state index contributed by atoms with van der Waals surface area (Å²) in [5.74, 6) is -2.50. The van der Waals surface area contributed by atoms with Crippen LogP contribution in [0.5, 0.6) is 0 Å². The highest BCUT2D eigenvalue weighted by molar-refractivity contribution is 6.04. The van der Waals surface area contributed by atoms with Crippen LogP contribution < -0.4 is 10.2 Å². The molecule has 2 aromatic carbocycles. The lowest BCUT2D eigenvalue weighted by Crippen LogP contribution is -2.24. The number of rotatable bonds is 3. The molecule has 0 aromatic heterocycles. The fourth-order valence-electron chi connectivity index (χ4n) is 2.78. The summed E-state index contributed by atoms with van der Waals surface area (Å²) >= 11 is 0. The minimum Gasteiger partial charge on any atom is -0.322 e. The van der Waals surface area contributed by atoms with Crippen LogP contribution in [-0.2, 0) is 4.79 Å². The van der Waals surface area contributed by atoms with E-state index in [4.69, 9.17) is 0 Å². The molecule has 0 bridgehead atoms. The summed E-state index contributed by atoms with van der Waals surface area (Å²) < 4.78 is 26.1. The monoisotopic (exact) mass is 330 g/mol. The Morgan fingerprint density at radius 2 is 1.92 bits per heavy atom. The van der Waals surface area contributed by atoms with E-state index in [0.29, 0.717) is 18.7 Å². The van der Waals surface area contributed by atoms with Crippen LogP contribution in [0.4, 0.5) is 20.2 Å². The molecule has 0 aliphatic carbocycles. The number of hydrogen-bond acceptors (Lipinski definition) is 2. The van der Waals surface area contributed by atoms with Crippen molar-refractivity contribution in [1.29, 1.82) is 0 Å². The highest BCUT2D eigenvalue weighted by atomic mass is 19.2. The third-order valence-electron chi connectivity index (χ3n) is 4.00. The first kappa shape index (κ1) is 16.1. The molecule has 2 aromatic rings. The van der Waals surface area contributed by atoms with E-state index in [2.05, 4.69) is 5.32 Å². The second-order valence-corrected chi connectivity index (χ2v) is 5.73. The molecular weight excluding hydrogens is 314 g/mol. The van der Waals surface area contributed by atoms with Crippen molar-refractivity contribution in [3.8, 4) is 0 Å². The fraction of sp³-hybridized carbons (Fsp3) is 0.222. The number of hydrogen-bond donors (Lipinski definition) is 1. The molecule has 3 rings (SSSR count). The number of amides is 2. The molecule has 2 amide bonds. The van der Waals surface area contributed by atoms with Crippen LogP contribution in [0.1, 0.15) is 28.8 Å². The molecule has 1 saturated heterocycles. The molecule has 1 aliphatic rings. The zero-order valence-electron chi connectivity index (χ0n) is 13.1. The van der Waals surface area contributed by atoms with Gasteiger partial charge in [0.05, 0.1) is 0 Å². The van der Waals surface area contributed by atoms with Crippen molar-refractivity contribution in [1.82, 2.24) is 0 Å². The van der Waals surface area contributed by atoms with Gasteiger partial charge in [-0.15, -0.1) is 0 Å². The molecule has 1 aliphatic heterocycles. The lowest BCUT2D eigenvalue weighted by Gasteiger charge is -2.19. The molecule has 1 heterocycles. The minimum absolute atomic E-state index is 0.0327. The number of carbonyl (C=O) groups is 2. The van der Waals surface area contributed by atoms with E-state index < -0.39 is 17.5 Å². The van der Waals surface area contributed by atoms with E-state index in [9.17, 15) is 18.4 Å². The molecule has 6 heteroatoms. The number of halogens is 2. The van der Waals surface area contributed by atoms with Gasteiger partial charge in [-0.25, -0.2) is 8.78 Å². The van der Waals surface area contributed by atoms with Crippen LogP contribution >= 0.6 is 0 Å². The molecule has 24 heavy (non-hydrogen) atoms. The number of nitrogens with zero attached hydrogens (tertiary/aromatic N) is 1. The van der Waals surface area contributed by atoms with Crippen molar-refractivity contribution in [3.63, 3.8) is 0 Å². The predicted molar refractivity (Wildman–Crippen MR) is 87.1 cm³/mol. The van der Waals surface area contributed by atoms with Gasteiger partial charge >= 0.3 is 0 Å². The minimum atomic E-state index is -1.07. The smallest absolute Gasteiger partial charge is 0.255 e. The topological polar surface area (TPSA) is 49.4 Å². The van der Waals surface area contributed by atoms with Gasteiger partial charge < -0.3 is 10.2 Å². The Bertz CT molecular complexity index is 821. The molecule has 124 valence electrons. The van der Waals surface area contributed by atoms with Gasteiger partial charge in [-0.1, -0.05) is 0 Å². The van der Waals surface area contributed by atoms with E-state index >= 15 is 0 Å². The number of carbonyl (C=O) groups excluding carboxylic acids is 2. The summed E-state index contributed by atoms with van der Waals surface area (Å²) in [5, 5.41) is 2.64. The van der Waals surface area contributed by atoms with Gasteiger partial charge in [0.25, 0.3) is 5.91 Å². The predicted octanol–water partition coefficient (Wildman–Crippen LogP) is 3.65. The zero-order chi connectivity index (χ0) is 17.3. The molecule has 0 spiro atoms. The molecule has 0 unspecified atom stereocenters. The van der Waals surface area contributed by atoms with Crippen molar-refractivity contribution in [2.45, 2.75) is 19.8 Å². The van der Waals surface area contributed by atoms with E-state index in [0.717, 1.165) is 29.8 Å². The van der Waals surface area contributed by atoms with E-state index in [-0.39, 0.29) is 11.5 Å². The Hall–Kier alpha value is -2.76. The standard InChI is InChI=1S/C18H16F2N2O2/c1-11-9-13(5-7-16(11)22-8-2-3-17(22)23)21-18(24)12-4-6-14(19)15(20)10-12/h4-7,9-10H,2-3,8H2,1H3,(H,21,24). The first-order valence-electron chi connectivity index (χ1n) is 7.63. The Labute approximate surface area is 138 Å². The van der Waals surface area contributed by atoms with Crippen molar-refractivity contribution in [3.05, 3.63) is 59.2 Å². The SMILES string of the molecule is Cc1cc(NC(=O)c2ccc(F)c(F)c2)ccc1N1CCCC1=O. The second-order valence-electron chi connectivity index (χ2n) is 5.73. The Balaban J connectivity index is 1.78. The van der Waals surface area contributed by atoms with Gasteiger partial charge in [0, 0.05) is 29.9 Å². The molecule has 4 nitrogen and oxygen atoms in total. The maximum atomic E-state index is 13.2. The van der Waals surface area contributed by atoms with E-state index in [1.165, 1.54) is 6.07 Å². The summed E-state index contributed by atoms with van der Waals surface area (Å²) in [5.41, 5.74) is 2.24. The first-order valence-corrected chi connectivity index (χ1v) is 7.63. The van der Waals surface area contributed by atoms with E-state index in [1.54, 1.807) is 23.1 Å². The largest absolute Gasteiger partial charge is 0.322 e. The van der Waals surface area contributed by atoms with Crippen molar-refractivity contribution in [2.24, 2.45) is 0 Å². The fourth-order valence-corrected chi connectivity index (χ4v) is 2.78. The van der Waals surface area contributed by atoms with Crippen molar-refractivity contribution < 1.29 is 18.4 Å². The second kappa shape index (κ2) is 6.39. The molecule has 1 fully saturated rings. The molecular formula is C18H16F2N2O2. The van der Waals surface area contributed by atoms with Crippen LogP contribution in [0.2, 0.25) is 0 Å².